The average molecular weight is 401 g/mol. The number of hydrogen-bond donors (Lipinski definition) is 1. The Kier molecular flexibility index (Phi) is 7.48. The van der Waals surface area contributed by atoms with Crippen LogP contribution in [0.4, 0.5) is 0 Å². The number of piperidine rings is 1. The summed E-state index contributed by atoms with van der Waals surface area (Å²) in [6.07, 6.45) is 2.94. The fourth-order valence-electron chi connectivity index (χ4n) is 2.68. The number of ketones is 1. The van der Waals surface area contributed by atoms with Crippen LogP contribution in [0.25, 0.3) is 0 Å². The van der Waals surface area contributed by atoms with Crippen molar-refractivity contribution in [2.45, 2.75) is 30.2 Å². The number of nitrogens with zero attached hydrogens (tertiary/aromatic N) is 1. The minimum atomic E-state index is -3.84. The van der Waals surface area contributed by atoms with Crippen molar-refractivity contribution >= 4 is 33.5 Å². The molecule has 0 aromatic heterocycles. The van der Waals surface area contributed by atoms with E-state index in [1.165, 1.54) is 19.2 Å². The van der Waals surface area contributed by atoms with Crippen LogP contribution in [-0.2, 0) is 19.6 Å². The number of rotatable bonds is 8. The first-order valence-electron chi connectivity index (χ1n) is 8.33. The number of nitrogens with one attached hydrogen (secondary N) is 1. The van der Waals surface area contributed by atoms with E-state index in [0.717, 1.165) is 0 Å². The Hall–Kier alpha value is -1.58. The van der Waals surface area contributed by atoms with Crippen LogP contribution in [0.2, 0.25) is 0 Å². The Labute approximate surface area is 158 Å². The number of benzene rings is 1. The molecule has 1 heterocycles. The molecule has 144 valence electrons. The van der Waals surface area contributed by atoms with E-state index in [4.69, 9.17) is 4.74 Å². The molecule has 26 heavy (non-hydrogen) atoms. The molecule has 1 amide bonds. The number of carbonyl (C=O) groups is 2. The maximum Gasteiger partial charge on any atom is 0.241 e. The highest BCUT2D eigenvalue weighted by molar-refractivity contribution is 7.98. The quantitative estimate of drug-likeness (QED) is 0.707. The number of Topliss-reactive ketones (excluding diaryl/α,β-unsaturated/α-hetero) is 1. The standard InChI is InChI=1S/C17H24N2O5S2/c1-24-14-3-5-15(6-4-14)26(22,23)18-16(9-12-25-2)17(21)19-10-7-13(20)8-11-19/h3-6,16,18H,7-12H2,1-2H3/t16-/m1/s1. The summed E-state index contributed by atoms with van der Waals surface area (Å²) in [5.74, 6) is 1.06. The molecule has 2 rings (SSSR count). The van der Waals surface area contributed by atoms with Crippen LogP contribution in [0.1, 0.15) is 19.3 Å². The normalized spacial score (nSPS) is 16.4. The van der Waals surface area contributed by atoms with Gasteiger partial charge in [0, 0.05) is 25.9 Å². The van der Waals surface area contributed by atoms with Gasteiger partial charge in [0.2, 0.25) is 15.9 Å². The molecule has 1 aliphatic rings. The summed E-state index contributed by atoms with van der Waals surface area (Å²) in [4.78, 5) is 25.8. The van der Waals surface area contributed by atoms with Gasteiger partial charge in [-0.05, 0) is 42.7 Å². The Morgan fingerprint density at radius 2 is 1.88 bits per heavy atom. The Morgan fingerprint density at radius 3 is 2.42 bits per heavy atom. The van der Waals surface area contributed by atoms with Crippen LogP contribution < -0.4 is 9.46 Å². The van der Waals surface area contributed by atoms with Gasteiger partial charge >= 0.3 is 0 Å². The van der Waals surface area contributed by atoms with E-state index in [9.17, 15) is 18.0 Å². The maximum atomic E-state index is 12.8. The SMILES string of the molecule is COc1ccc(S(=O)(=O)N[C@H](CCSC)C(=O)N2CCC(=O)CC2)cc1. The van der Waals surface area contributed by atoms with E-state index < -0.39 is 16.1 Å². The summed E-state index contributed by atoms with van der Waals surface area (Å²) in [7, 11) is -2.34. The van der Waals surface area contributed by atoms with Crippen LogP contribution in [-0.4, -0.2) is 63.3 Å². The van der Waals surface area contributed by atoms with E-state index in [1.54, 1.807) is 28.8 Å². The molecule has 0 spiro atoms. The first kappa shape index (κ1) is 20.7. The Balaban J connectivity index is 2.14. The zero-order valence-electron chi connectivity index (χ0n) is 14.9. The number of thioether (sulfide) groups is 1. The summed E-state index contributed by atoms with van der Waals surface area (Å²) in [6.45, 7) is 0.690. The minimum Gasteiger partial charge on any atom is -0.497 e. The summed E-state index contributed by atoms with van der Waals surface area (Å²) in [5.41, 5.74) is 0. The predicted molar refractivity (Wildman–Crippen MR) is 101 cm³/mol. The molecule has 7 nitrogen and oxygen atoms in total. The van der Waals surface area contributed by atoms with Crippen molar-refractivity contribution in [2.75, 3.05) is 32.2 Å². The zero-order chi connectivity index (χ0) is 19.2. The van der Waals surface area contributed by atoms with Crippen LogP contribution in [0, 0.1) is 0 Å². The highest BCUT2D eigenvalue weighted by atomic mass is 32.2. The molecule has 0 bridgehead atoms. The van der Waals surface area contributed by atoms with Gasteiger partial charge in [0.1, 0.15) is 17.6 Å². The first-order valence-corrected chi connectivity index (χ1v) is 11.2. The third-order valence-electron chi connectivity index (χ3n) is 4.21. The number of hydrogen-bond acceptors (Lipinski definition) is 6. The van der Waals surface area contributed by atoms with Crippen molar-refractivity contribution in [2.24, 2.45) is 0 Å². The van der Waals surface area contributed by atoms with Crippen molar-refractivity contribution in [1.29, 1.82) is 0 Å². The Morgan fingerprint density at radius 1 is 1.27 bits per heavy atom. The van der Waals surface area contributed by atoms with Crippen LogP contribution in [0.3, 0.4) is 0 Å². The Bertz CT molecular complexity index is 724. The summed E-state index contributed by atoms with van der Waals surface area (Å²) in [5, 5.41) is 0. The number of amides is 1. The lowest BCUT2D eigenvalue weighted by Crippen LogP contribution is -2.51. The van der Waals surface area contributed by atoms with Gasteiger partial charge in [-0.1, -0.05) is 0 Å². The molecule has 1 aromatic rings. The lowest BCUT2D eigenvalue weighted by Gasteiger charge is -2.30. The van der Waals surface area contributed by atoms with Gasteiger partial charge in [-0.25, -0.2) is 8.42 Å². The van der Waals surface area contributed by atoms with Crippen molar-refractivity contribution in [3.05, 3.63) is 24.3 Å². The van der Waals surface area contributed by atoms with Gasteiger partial charge in [0.15, 0.2) is 0 Å². The molecule has 1 saturated heterocycles. The lowest BCUT2D eigenvalue weighted by molar-refractivity contribution is -0.136. The molecule has 0 saturated carbocycles. The molecule has 1 fully saturated rings. The number of carbonyl (C=O) groups excluding carboxylic acids is 2. The van der Waals surface area contributed by atoms with E-state index in [-0.39, 0.29) is 16.6 Å². The third-order valence-corrected chi connectivity index (χ3v) is 6.34. The first-order chi connectivity index (χ1) is 12.4. The maximum absolute atomic E-state index is 12.8. The molecule has 0 radical (unpaired) electrons. The fraction of sp³-hybridized carbons (Fsp3) is 0.529. The molecule has 0 unspecified atom stereocenters. The predicted octanol–water partition coefficient (Wildman–Crippen LogP) is 1.29. The van der Waals surface area contributed by atoms with Crippen LogP contribution in [0.15, 0.2) is 29.2 Å². The zero-order valence-corrected chi connectivity index (χ0v) is 16.6. The third kappa shape index (κ3) is 5.46. The highest BCUT2D eigenvalue weighted by Gasteiger charge is 2.30. The van der Waals surface area contributed by atoms with Gasteiger partial charge in [-0.3, -0.25) is 9.59 Å². The van der Waals surface area contributed by atoms with Crippen LogP contribution in [0.5, 0.6) is 5.75 Å². The second-order valence-electron chi connectivity index (χ2n) is 5.99. The number of methoxy groups -OCH3 is 1. The van der Waals surface area contributed by atoms with Crippen molar-refractivity contribution in [3.8, 4) is 5.75 Å². The van der Waals surface area contributed by atoms with E-state index in [1.807, 2.05) is 6.26 Å². The van der Waals surface area contributed by atoms with Crippen molar-refractivity contribution in [3.63, 3.8) is 0 Å². The summed E-state index contributed by atoms with van der Waals surface area (Å²) < 4.78 is 32.9. The van der Waals surface area contributed by atoms with Gasteiger partial charge in [0.05, 0.1) is 12.0 Å². The number of ether oxygens (including phenoxy) is 1. The largest absolute Gasteiger partial charge is 0.497 e. The molecule has 1 aliphatic heterocycles. The van der Waals surface area contributed by atoms with Gasteiger partial charge in [-0.15, -0.1) is 0 Å². The second-order valence-corrected chi connectivity index (χ2v) is 8.69. The smallest absolute Gasteiger partial charge is 0.241 e. The summed E-state index contributed by atoms with van der Waals surface area (Å²) in [6, 6.07) is 5.16. The molecule has 1 aromatic carbocycles. The lowest BCUT2D eigenvalue weighted by atomic mass is 10.1. The van der Waals surface area contributed by atoms with Crippen molar-refractivity contribution in [1.82, 2.24) is 9.62 Å². The van der Waals surface area contributed by atoms with E-state index in [2.05, 4.69) is 4.72 Å². The molecule has 1 N–H and O–H groups in total. The number of likely N-dealkylation sites (tertiary alicyclic amines) is 1. The minimum absolute atomic E-state index is 0.0778. The fourth-order valence-corrected chi connectivity index (χ4v) is 4.37. The molecule has 1 atom stereocenters. The van der Waals surface area contributed by atoms with Crippen molar-refractivity contribution < 1.29 is 22.7 Å². The molecular formula is C17H24N2O5S2. The number of sulfonamides is 1. The highest BCUT2D eigenvalue weighted by Crippen LogP contribution is 2.17. The average Bonchev–Trinajstić information content (AvgIpc) is 2.65. The molecule has 9 heteroatoms. The second kappa shape index (κ2) is 9.38. The summed E-state index contributed by atoms with van der Waals surface area (Å²) >= 11 is 1.54. The van der Waals surface area contributed by atoms with Gasteiger partial charge < -0.3 is 9.64 Å². The van der Waals surface area contributed by atoms with Gasteiger partial charge in [-0.2, -0.15) is 16.5 Å². The topological polar surface area (TPSA) is 92.8 Å². The van der Waals surface area contributed by atoms with Gasteiger partial charge in [0.25, 0.3) is 0 Å². The molecule has 0 aliphatic carbocycles. The van der Waals surface area contributed by atoms with Crippen LogP contribution >= 0.6 is 11.8 Å². The molecular weight excluding hydrogens is 376 g/mol. The van der Waals surface area contributed by atoms with E-state index >= 15 is 0 Å². The monoisotopic (exact) mass is 400 g/mol. The van der Waals surface area contributed by atoms with E-state index in [0.29, 0.717) is 43.9 Å².